The van der Waals surface area contributed by atoms with Crippen LogP contribution in [0.3, 0.4) is 0 Å². The predicted octanol–water partition coefficient (Wildman–Crippen LogP) is 10.9. The molecule has 0 aliphatic heterocycles. The number of ether oxygens (including phenoxy) is 2. The van der Waals surface area contributed by atoms with Crippen LogP contribution in [-0.4, -0.2) is 29.3 Å². The first-order chi connectivity index (χ1) is 23.7. The van der Waals surface area contributed by atoms with Crippen molar-refractivity contribution in [3.8, 4) is 22.1 Å². The zero-order valence-corrected chi connectivity index (χ0v) is 32.3. The molecular weight excluding hydrogens is 639 g/mol. The highest BCUT2D eigenvalue weighted by molar-refractivity contribution is 7.21. The molecule has 4 saturated carbocycles. The number of hydrogen-bond donors (Lipinski definition) is 1. The zero-order valence-electron chi connectivity index (χ0n) is 31.5. The molecule has 0 bridgehead atoms. The van der Waals surface area contributed by atoms with Crippen molar-refractivity contribution < 1.29 is 19.4 Å². The lowest BCUT2D eigenvalue weighted by Gasteiger charge is -2.71. The minimum Gasteiger partial charge on any atom is -0.492 e. The van der Waals surface area contributed by atoms with E-state index in [4.69, 9.17) is 14.5 Å². The number of thiazole rings is 1. The lowest BCUT2D eigenvalue weighted by molar-refractivity contribution is -0.206. The van der Waals surface area contributed by atoms with Crippen LogP contribution in [-0.2, 0) is 4.79 Å². The van der Waals surface area contributed by atoms with Crippen molar-refractivity contribution in [2.45, 2.75) is 112 Å². The van der Waals surface area contributed by atoms with Gasteiger partial charge < -0.3 is 14.6 Å². The molecule has 2 aromatic carbocycles. The molecule has 1 N–H and O–H groups in total. The molecule has 0 amide bonds. The van der Waals surface area contributed by atoms with Crippen molar-refractivity contribution in [2.24, 2.45) is 56.7 Å². The number of aliphatic hydroxyl groups is 1. The van der Waals surface area contributed by atoms with Gasteiger partial charge in [0.2, 0.25) is 0 Å². The molecule has 1 aromatic heterocycles. The maximum absolute atomic E-state index is 15.0. The highest BCUT2D eigenvalue weighted by Crippen LogP contribution is 2.76. The Morgan fingerprint density at radius 1 is 0.900 bits per heavy atom. The standard InChI is InChI=1S/C44H57NO4S/c1-26-18-23-44(39(47)49-31-14-11-12-28(37(31)48-8)38-45-30-13-9-10-15-32(30)50-38)25-24-42(6)29(36(44)27(26)2)16-17-34-41(5)21-20-35(46)40(3,4)33(41)19-22-43(34,42)7/h9-16,26-27,33-36,46H,17-25H2,1-8H3/t26-,27+,33+,34-,35+,36+,41+,42-,43-,44+/m1/s1. The summed E-state index contributed by atoms with van der Waals surface area (Å²) in [6.07, 6.45) is 11.6. The van der Waals surface area contributed by atoms with Gasteiger partial charge in [-0.1, -0.05) is 78.3 Å². The first kappa shape index (κ1) is 34.4. The average molecular weight is 696 g/mol. The van der Waals surface area contributed by atoms with E-state index in [-0.39, 0.29) is 39.7 Å². The first-order valence-corrected chi connectivity index (χ1v) is 20.2. The largest absolute Gasteiger partial charge is 0.492 e. The van der Waals surface area contributed by atoms with Gasteiger partial charge in [0.15, 0.2) is 11.5 Å². The fourth-order valence-corrected chi connectivity index (χ4v) is 14.0. The Balaban J connectivity index is 1.16. The Bertz CT molecular complexity index is 1830. The first-order valence-electron chi connectivity index (χ1n) is 19.3. The number of para-hydroxylation sites is 2. The SMILES string of the molecule is COc1c(OC(=O)[C@]23CC[C@@H](C)[C@H](C)[C@H]2C2=CC[C@@H]4[C@@]5(C)CC[C@H](O)C(C)(C)[C@@H]5CC[C@@]4(C)[C@]2(C)CC3)cccc1-c1nc2ccccc2s1. The Labute approximate surface area is 303 Å². The summed E-state index contributed by atoms with van der Waals surface area (Å²) < 4.78 is 13.7. The molecule has 1 heterocycles. The number of carbonyl (C=O) groups is 1. The summed E-state index contributed by atoms with van der Waals surface area (Å²) >= 11 is 1.63. The van der Waals surface area contributed by atoms with E-state index >= 15 is 0 Å². The molecule has 0 radical (unpaired) electrons. The summed E-state index contributed by atoms with van der Waals surface area (Å²) in [6.45, 7) is 17.2. The maximum Gasteiger partial charge on any atom is 0.318 e. The lowest BCUT2D eigenvalue weighted by atomic mass is 9.33. The van der Waals surface area contributed by atoms with Gasteiger partial charge in [0.25, 0.3) is 0 Å². The second-order valence-corrected chi connectivity index (χ2v) is 19.4. The van der Waals surface area contributed by atoms with Crippen LogP contribution in [0.1, 0.15) is 106 Å². The molecule has 0 unspecified atom stereocenters. The van der Waals surface area contributed by atoms with Crippen molar-refractivity contribution in [3.63, 3.8) is 0 Å². The van der Waals surface area contributed by atoms with Gasteiger partial charge in [0.1, 0.15) is 5.01 Å². The molecule has 50 heavy (non-hydrogen) atoms. The third-order valence-corrected chi connectivity index (χ3v) is 17.4. The number of aromatic nitrogens is 1. The summed E-state index contributed by atoms with van der Waals surface area (Å²) in [5.74, 6) is 3.14. The Morgan fingerprint density at radius 3 is 2.44 bits per heavy atom. The van der Waals surface area contributed by atoms with E-state index in [1.807, 2.05) is 36.4 Å². The van der Waals surface area contributed by atoms with Crippen LogP contribution in [0.25, 0.3) is 20.8 Å². The Hall–Kier alpha value is -2.70. The molecule has 8 rings (SSSR count). The van der Waals surface area contributed by atoms with Crippen molar-refractivity contribution in [3.05, 3.63) is 54.1 Å². The smallest absolute Gasteiger partial charge is 0.318 e. The molecule has 5 aliphatic rings. The van der Waals surface area contributed by atoms with Gasteiger partial charge in [0.05, 0.1) is 34.4 Å². The molecule has 0 spiro atoms. The molecule has 10 atom stereocenters. The van der Waals surface area contributed by atoms with Crippen LogP contribution in [0, 0.1) is 56.7 Å². The maximum atomic E-state index is 15.0. The average Bonchev–Trinajstić information content (AvgIpc) is 3.53. The molecule has 6 heteroatoms. The number of aliphatic hydroxyl groups excluding tert-OH is 1. The molecule has 3 aromatic rings. The number of hydrogen-bond acceptors (Lipinski definition) is 6. The van der Waals surface area contributed by atoms with E-state index in [0.29, 0.717) is 35.2 Å². The van der Waals surface area contributed by atoms with Gasteiger partial charge in [0, 0.05) is 0 Å². The molecule has 5 nitrogen and oxygen atoms in total. The molecule has 268 valence electrons. The second-order valence-electron chi connectivity index (χ2n) is 18.4. The fourth-order valence-electron chi connectivity index (χ4n) is 13.0. The van der Waals surface area contributed by atoms with Crippen LogP contribution in [0.5, 0.6) is 11.5 Å². The van der Waals surface area contributed by atoms with Crippen molar-refractivity contribution in [2.75, 3.05) is 7.11 Å². The topological polar surface area (TPSA) is 68.7 Å². The van der Waals surface area contributed by atoms with E-state index in [2.05, 4.69) is 60.6 Å². The van der Waals surface area contributed by atoms with Gasteiger partial charge in [-0.05, 0) is 133 Å². The van der Waals surface area contributed by atoms with E-state index in [1.165, 1.54) is 12.8 Å². The molecule has 5 aliphatic carbocycles. The third-order valence-electron chi connectivity index (χ3n) is 16.3. The third kappa shape index (κ3) is 4.58. The number of rotatable bonds is 4. The summed E-state index contributed by atoms with van der Waals surface area (Å²) in [6, 6.07) is 14.0. The van der Waals surface area contributed by atoms with Crippen molar-refractivity contribution in [1.82, 2.24) is 4.98 Å². The highest BCUT2D eigenvalue weighted by Gasteiger charge is 2.69. The van der Waals surface area contributed by atoms with Crippen LogP contribution in [0.15, 0.2) is 54.1 Å². The number of allylic oxidation sites excluding steroid dienone is 2. The fraction of sp³-hybridized carbons (Fsp3) is 0.636. The van der Waals surface area contributed by atoms with Crippen LogP contribution in [0.2, 0.25) is 0 Å². The van der Waals surface area contributed by atoms with Gasteiger partial charge in [-0.3, -0.25) is 4.79 Å². The van der Waals surface area contributed by atoms with E-state index in [1.54, 1.807) is 24.0 Å². The highest BCUT2D eigenvalue weighted by atomic mass is 32.1. The van der Waals surface area contributed by atoms with Gasteiger partial charge in [-0.2, -0.15) is 0 Å². The van der Waals surface area contributed by atoms with Crippen LogP contribution >= 0.6 is 11.3 Å². The number of methoxy groups -OCH3 is 1. The number of fused-ring (bicyclic) bond motifs is 8. The number of benzene rings is 2. The molecule has 4 fully saturated rings. The predicted molar refractivity (Wildman–Crippen MR) is 202 cm³/mol. The van der Waals surface area contributed by atoms with E-state index < -0.39 is 5.41 Å². The van der Waals surface area contributed by atoms with Gasteiger partial charge in [-0.25, -0.2) is 4.98 Å². The quantitative estimate of drug-likeness (QED) is 0.167. The summed E-state index contributed by atoms with van der Waals surface area (Å²) in [4.78, 5) is 19.9. The molecule has 0 saturated heterocycles. The Kier molecular flexibility index (Phi) is 8.01. The van der Waals surface area contributed by atoms with E-state index in [0.717, 1.165) is 65.7 Å². The summed E-state index contributed by atoms with van der Waals surface area (Å²) in [5, 5.41) is 12.0. The summed E-state index contributed by atoms with van der Waals surface area (Å²) in [5.41, 5.74) is 3.10. The normalized spacial score (nSPS) is 40.5. The van der Waals surface area contributed by atoms with Crippen molar-refractivity contribution in [1.29, 1.82) is 0 Å². The van der Waals surface area contributed by atoms with Crippen molar-refractivity contribution >= 4 is 27.5 Å². The van der Waals surface area contributed by atoms with Crippen LogP contribution < -0.4 is 9.47 Å². The van der Waals surface area contributed by atoms with E-state index in [9.17, 15) is 9.90 Å². The summed E-state index contributed by atoms with van der Waals surface area (Å²) in [7, 11) is 1.66. The number of esters is 1. The number of carbonyl (C=O) groups excluding carboxylic acids is 1. The van der Waals surface area contributed by atoms with Crippen LogP contribution in [0.4, 0.5) is 0 Å². The minimum absolute atomic E-state index is 0.0221. The number of nitrogens with zero attached hydrogens (tertiary/aromatic N) is 1. The van der Waals surface area contributed by atoms with Gasteiger partial charge in [-0.15, -0.1) is 11.3 Å². The zero-order chi connectivity index (χ0) is 35.4. The van der Waals surface area contributed by atoms with Gasteiger partial charge >= 0.3 is 5.97 Å². The monoisotopic (exact) mass is 695 g/mol. The lowest BCUT2D eigenvalue weighted by Crippen LogP contribution is -2.65. The minimum atomic E-state index is -0.560. The molecular formula is C44H57NO4S. The Morgan fingerprint density at radius 2 is 1.68 bits per heavy atom. The second kappa shape index (κ2) is 11.7.